The molecule has 9 aromatic rings. The number of imide groups is 1. The Morgan fingerprint density at radius 1 is 0.379 bits per heavy atom. The molecule has 0 spiro atoms. The van der Waals surface area contributed by atoms with Gasteiger partial charge in [-0.2, -0.15) is 10.5 Å². The first kappa shape index (κ1) is 34.2. The molecule has 2 amide bonds. The Balaban J connectivity index is 1.23. The number of rotatable bonds is 6. The maximum atomic E-state index is 15.1. The van der Waals surface area contributed by atoms with Crippen molar-refractivity contribution in [3.8, 4) is 62.3 Å². The van der Waals surface area contributed by atoms with Crippen LogP contribution in [-0.4, -0.2) is 16.4 Å². The fourth-order valence-corrected chi connectivity index (χ4v) is 8.51. The van der Waals surface area contributed by atoms with Crippen LogP contribution in [0.2, 0.25) is 0 Å². The smallest absolute Gasteiger partial charge is 0.268 e. The Kier molecular flexibility index (Phi) is 8.11. The molecule has 0 unspecified atom stereocenters. The van der Waals surface area contributed by atoms with E-state index in [1.165, 1.54) is 4.90 Å². The standard InChI is InChI=1S/C52H30N4O2/c53-31-36-18-7-9-20-38(36)40-22-11-25-45-48(40)49-41(39-21-10-8-19-37(39)32-54)23-12-26-46(49)55(45)47-27-13-24-42-50(47)52(58)56(51(42)57)44-29-28-35(33-14-3-1-4-15-33)30-43(44)34-16-5-2-6-17-34/h1-30H. The van der Waals surface area contributed by atoms with Crippen LogP contribution in [0.3, 0.4) is 0 Å². The van der Waals surface area contributed by atoms with E-state index >= 15 is 4.79 Å². The fraction of sp³-hybridized carbons (Fsp3) is 0. The quantitative estimate of drug-likeness (QED) is 0.159. The highest BCUT2D eigenvalue weighted by molar-refractivity contribution is 6.36. The van der Waals surface area contributed by atoms with Crippen molar-refractivity contribution in [1.82, 2.24) is 4.57 Å². The summed E-state index contributed by atoms with van der Waals surface area (Å²) in [7, 11) is 0. The predicted molar refractivity (Wildman–Crippen MR) is 230 cm³/mol. The lowest BCUT2D eigenvalue weighted by molar-refractivity contribution is 0.0926. The van der Waals surface area contributed by atoms with Gasteiger partial charge >= 0.3 is 0 Å². The summed E-state index contributed by atoms with van der Waals surface area (Å²) in [6, 6.07) is 62.8. The number of anilines is 1. The lowest BCUT2D eigenvalue weighted by Gasteiger charge is -2.20. The van der Waals surface area contributed by atoms with Crippen molar-refractivity contribution in [1.29, 1.82) is 10.5 Å². The largest absolute Gasteiger partial charge is 0.308 e. The number of carbonyl (C=O) groups is 2. The van der Waals surface area contributed by atoms with Crippen LogP contribution < -0.4 is 4.90 Å². The van der Waals surface area contributed by atoms with E-state index in [0.717, 1.165) is 66.3 Å². The number of hydrogen-bond donors (Lipinski definition) is 0. The zero-order chi connectivity index (χ0) is 39.3. The molecule has 6 nitrogen and oxygen atoms in total. The van der Waals surface area contributed by atoms with Gasteiger partial charge in [0.05, 0.1) is 56.8 Å². The van der Waals surface area contributed by atoms with Gasteiger partial charge < -0.3 is 4.57 Å². The van der Waals surface area contributed by atoms with Crippen LogP contribution in [0.5, 0.6) is 0 Å². The first-order valence-electron chi connectivity index (χ1n) is 18.9. The van der Waals surface area contributed by atoms with Crippen molar-refractivity contribution < 1.29 is 9.59 Å². The monoisotopic (exact) mass is 742 g/mol. The number of nitriles is 2. The molecule has 0 bridgehead atoms. The second-order valence-electron chi connectivity index (χ2n) is 14.2. The first-order chi connectivity index (χ1) is 28.6. The summed E-state index contributed by atoms with van der Waals surface area (Å²) in [5, 5.41) is 22.2. The molecule has 270 valence electrons. The zero-order valence-electron chi connectivity index (χ0n) is 30.9. The van der Waals surface area contributed by atoms with Crippen molar-refractivity contribution in [2.75, 3.05) is 4.90 Å². The van der Waals surface area contributed by atoms with E-state index in [2.05, 4.69) is 12.1 Å². The average molecular weight is 743 g/mol. The highest BCUT2D eigenvalue weighted by atomic mass is 16.2. The van der Waals surface area contributed by atoms with Gasteiger partial charge in [0.2, 0.25) is 0 Å². The van der Waals surface area contributed by atoms with Gasteiger partial charge in [0, 0.05) is 27.5 Å². The van der Waals surface area contributed by atoms with Crippen LogP contribution in [0.1, 0.15) is 31.8 Å². The van der Waals surface area contributed by atoms with Crippen molar-refractivity contribution in [2.45, 2.75) is 0 Å². The second kappa shape index (κ2) is 13.8. The van der Waals surface area contributed by atoms with Gasteiger partial charge in [-0.25, -0.2) is 4.90 Å². The minimum Gasteiger partial charge on any atom is -0.308 e. The number of aromatic nitrogens is 1. The van der Waals surface area contributed by atoms with Crippen molar-refractivity contribution in [3.63, 3.8) is 0 Å². The van der Waals surface area contributed by atoms with Crippen LogP contribution in [0.15, 0.2) is 182 Å². The first-order valence-corrected chi connectivity index (χ1v) is 18.9. The van der Waals surface area contributed by atoms with Crippen molar-refractivity contribution in [3.05, 3.63) is 204 Å². The summed E-state index contributed by atoms with van der Waals surface area (Å²) >= 11 is 0. The Morgan fingerprint density at radius 2 is 0.879 bits per heavy atom. The van der Waals surface area contributed by atoms with Gasteiger partial charge in [0.1, 0.15) is 0 Å². The van der Waals surface area contributed by atoms with Crippen molar-refractivity contribution >= 4 is 39.3 Å². The van der Waals surface area contributed by atoms with Crippen LogP contribution >= 0.6 is 0 Å². The van der Waals surface area contributed by atoms with E-state index in [1.807, 2.05) is 168 Å². The summed E-state index contributed by atoms with van der Waals surface area (Å²) in [6.07, 6.45) is 0. The van der Waals surface area contributed by atoms with Gasteiger partial charge in [0.15, 0.2) is 0 Å². The number of fused-ring (bicyclic) bond motifs is 4. The van der Waals surface area contributed by atoms with Gasteiger partial charge in [-0.3, -0.25) is 9.59 Å². The number of benzene rings is 8. The molecule has 0 aliphatic carbocycles. The Bertz CT molecular complexity index is 3130. The van der Waals surface area contributed by atoms with E-state index in [-0.39, 0.29) is 0 Å². The summed E-state index contributed by atoms with van der Waals surface area (Å²) in [5.74, 6) is -0.827. The molecular weight excluding hydrogens is 713 g/mol. The SMILES string of the molecule is N#Cc1ccccc1-c1cccc2c1c1c(-c3ccccc3C#N)cccc1n2-c1cccc2c1C(=O)N(c1ccc(-c3ccccc3)cc1-c1ccccc1)C2=O. The third-order valence-electron chi connectivity index (χ3n) is 11.1. The molecule has 1 aromatic heterocycles. The molecule has 6 heteroatoms. The van der Waals surface area contributed by atoms with Crippen LogP contribution in [0.4, 0.5) is 5.69 Å². The fourth-order valence-electron chi connectivity index (χ4n) is 8.51. The van der Waals surface area contributed by atoms with Gasteiger partial charge in [0.25, 0.3) is 11.8 Å². The molecule has 0 fully saturated rings. The number of amides is 2. The summed E-state index contributed by atoms with van der Waals surface area (Å²) < 4.78 is 2.05. The molecule has 0 atom stereocenters. The van der Waals surface area contributed by atoms with E-state index in [0.29, 0.717) is 33.6 Å². The maximum absolute atomic E-state index is 15.1. The molecule has 0 radical (unpaired) electrons. The normalized spacial score (nSPS) is 12.1. The lowest BCUT2D eigenvalue weighted by Crippen LogP contribution is -2.30. The Labute approximate surface area is 334 Å². The molecule has 0 saturated carbocycles. The average Bonchev–Trinajstić information content (AvgIpc) is 3.77. The minimum absolute atomic E-state index is 0.295. The summed E-state index contributed by atoms with van der Waals surface area (Å²) in [6.45, 7) is 0. The second-order valence-corrected chi connectivity index (χ2v) is 14.2. The Hall–Kier alpha value is -8.32. The summed E-state index contributed by atoms with van der Waals surface area (Å²) in [4.78, 5) is 31.1. The molecular formula is C52H30N4O2. The zero-order valence-corrected chi connectivity index (χ0v) is 30.9. The molecule has 2 heterocycles. The Morgan fingerprint density at radius 3 is 1.47 bits per heavy atom. The van der Waals surface area contributed by atoms with E-state index in [4.69, 9.17) is 0 Å². The summed E-state index contributed by atoms with van der Waals surface area (Å²) in [5.41, 5.74) is 11.1. The molecule has 0 N–H and O–H groups in total. The van der Waals surface area contributed by atoms with Gasteiger partial charge in [-0.1, -0.05) is 133 Å². The number of carbonyl (C=O) groups excluding carboxylic acids is 2. The molecule has 1 aliphatic heterocycles. The van der Waals surface area contributed by atoms with E-state index in [1.54, 1.807) is 18.2 Å². The predicted octanol–water partition coefficient (Wildman–Crippen LogP) is 12.0. The third kappa shape index (κ3) is 5.25. The van der Waals surface area contributed by atoms with E-state index < -0.39 is 11.8 Å². The maximum Gasteiger partial charge on any atom is 0.268 e. The highest BCUT2D eigenvalue weighted by Crippen LogP contribution is 2.46. The minimum atomic E-state index is -0.424. The number of hydrogen-bond acceptors (Lipinski definition) is 4. The van der Waals surface area contributed by atoms with Crippen LogP contribution in [0.25, 0.3) is 72.0 Å². The molecule has 0 saturated heterocycles. The number of nitrogens with zero attached hydrogens (tertiary/aromatic N) is 4. The van der Waals surface area contributed by atoms with Crippen molar-refractivity contribution in [2.24, 2.45) is 0 Å². The third-order valence-corrected chi connectivity index (χ3v) is 11.1. The highest BCUT2D eigenvalue weighted by Gasteiger charge is 2.40. The molecule has 10 rings (SSSR count). The topological polar surface area (TPSA) is 89.9 Å². The molecule has 1 aliphatic rings. The van der Waals surface area contributed by atoms with Gasteiger partial charge in [-0.05, 0) is 76.3 Å². The van der Waals surface area contributed by atoms with Crippen LogP contribution in [0, 0.1) is 22.7 Å². The lowest BCUT2D eigenvalue weighted by atomic mass is 9.91. The van der Waals surface area contributed by atoms with Crippen LogP contribution in [-0.2, 0) is 0 Å². The molecule has 8 aromatic carbocycles. The van der Waals surface area contributed by atoms with Gasteiger partial charge in [-0.15, -0.1) is 0 Å². The van der Waals surface area contributed by atoms with E-state index in [9.17, 15) is 15.3 Å². The molecule has 58 heavy (non-hydrogen) atoms.